The molecule has 3 rings (SSSR count). The molecule has 2 heterocycles. The number of imidazole rings is 1. The van der Waals surface area contributed by atoms with Crippen molar-refractivity contribution in [2.24, 2.45) is 0 Å². The van der Waals surface area contributed by atoms with E-state index in [4.69, 9.17) is 5.11 Å². The van der Waals surface area contributed by atoms with Crippen molar-refractivity contribution in [3.05, 3.63) is 47.5 Å². The Morgan fingerprint density at radius 2 is 2.09 bits per heavy atom. The summed E-state index contributed by atoms with van der Waals surface area (Å²) in [7, 11) is 0. The van der Waals surface area contributed by atoms with Gasteiger partial charge in [0, 0.05) is 6.54 Å². The van der Waals surface area contributed by atoms with Crippen LogP contribution in [0.5, 0.6) is 0 Å². The van der Waals surface area contributed by atoms with Gasteiger partial charge in [0.15, 0.2) is 0 Å². The van der Waals surface area contributed by atoms with Crippen LogP contribution in [0.15, 0.2) is 30.6 Å². The summed E-state index contributed by atoms with van der Waals surface area (Å²) < 4.78 is 3.08. The highest BCUT2D eigenvalue weighted by molar-refractivity contribution is 6.00. The predicted octanol–water partition coefficient (Wildman–Crippen LogP) is 1.64. The van der Waals surface area contributed by atoms with Crippen molar-refractivity contribution < 1.29 is 14.7 Å². The fourth-order valence-electron chi connectivity index (χ4n) is 2.37. The zero-order valence-electron chi connectivity index (χ0n) is 12.6. The summed E-state index contributed by atoms with van der Waals surface area (Å²) in [6, 6.07) is 6.24. The second-order valence-corrected chi connectivity index (χ2v) is 5.05. The Bertz CT molecular complexity index is 909. The van der Waals surface area contributed by atoms with Crippen LogP contribution < -0.4 is 5.43 Å². The number of nitrogens with one attached hydrogen (secondary N) is 1. The molecule has 1 amide bonds. The number of nitrogens with zero attached hydrogens (tertiary/aromatic N) is 4. The number of carbonyl (C=O) groups excluding carboxylic acids is 1. The standard InChI is InChI=1S/C15H15N5O3/c1-3-19-13(6-9(2)17-19)14(21)18-20-8-16-11-7-10(15(22)23)4-5-12(11)20/h4-8H,3H2,1-2H3,(H,18,21)(H,22,23). The molecule has 0 bridgehead atoms. The maximum atomic E-state index is 12.4. The second-order valence-electron chi connectivity index (χ2n) is 5.05. The molecular formula is C15H15N5O3. The van der Waals surface area contributed by atoms with Crippen LogP contribution in [0.2, 0.25) is 0 Å². The number of carboxylic acid groups (broad SMARTS) is 1. The molecule has 0 radical (unpaired) electrons. The molecule has 0 aliphatic carbocycles. The van der Waals surface area contributed by atoms with Crippen molar-refractivity contribution in [3.63, 3.8) is 0 Å². The van der Waals surface area contributed by atoms with Crippen LogP contribution in [0, 0.1) is 6.92 Å². The first kappa shape index (κ1) is 14.8. The predicted molar refractivity (Wildman–Crippen MR) is 83.0 cm³/mol. The summed E-state index contributed by atoms with van der Waals surface area (Å²) in [5.74, 6) is -1.33. The summed E-state index contributed by atoms with van der Waals surface area (Å²) >= 11 is 0. The Morgan fingerprint density at radius 1 is 1.30 bits per heavy atom. The van der Waals surface area contributed by atoms with Crippen LogP contribution in [-0.2, 0) is 6.54 Å². The lowest BCUT2D eigenvalue weighted by Gasteiger charge is -2.08. The lowest BCUT2D eigenvalue weighted by atomic mass is 10.2. The molecule has 0 aliphatic rings. The van der Waals surface area contributed by atoms with Gasteiger partial charge in [0.05, 0.1) is 22.3 Å². The second kappa shape index (κ2) is 5.56. The lowest BCUT2D eigenvalue weighted by molar-refractivity contribution is 0.0696. The van der Waals surface area contributed by atoms with E-state index in [1.54, 1.807) is 16.8 Å². The molecule has 2 aromatic heterocycles. The van der Waals surface area contributed by atoms with Crippen LogP contribution in [0.1, 0.15) is 33.5 Å². The molecule has 0 unspecified atom stereocenters. The summed E-state index contributed by atoms with van der Waals surface area (Å²) in [6.45, 7) is 4.31. The average Bonchev–Trinajstić information content (AvgIpc) is 3.10. The highest BCUT2D eigenvalue weighted by Gasteiger charge is 2.15. The number of aromatic nitrogens is 4. The number of hydrogen-bond donors (Lipinski definition) is 2. The van der Waals surface area contributed by atoms with Crippen molar-refractivity contribution in [2.75, 3.05) is 5.43 Å². The van der Waals surface area contributed by atoms with E-state index in [1.165, 1.54) is 23.1 Å². The Hall–Kier alpha value is -3.16. The maximum Gasteiger partial charge on any atom is 0.335 e. The van der Waals surface area contributed by atoms with Gasteiger partial charge in [-0.3, -0.25) is 14.9 Å². The monoisotopic (exact) mass is 313 g/mol. The number of amides is 1. The molecule has 8 heteroatoms. The van der Waals surface area contributed by atoms with E-state index in [-0.39, 0.29) is 11.5 Å². The molecule has 0 saturated carbocycles. The molecule has 0 fully saturated rings. The fraction of sp³-hybridized carbons (Fsp3) is 0.200. The van der Waals surface area contributed by atoms with Crippen molar-refractivity contribution in [3.8, 4) is 0 Å². The quantitative estimate of drug-likeness (QED) is 0.762. The van der Waals surface area contributed by atoms with Gasteiger partial charge in [-0.05, 0) is 38.1 Å². The fourth-order valence-corrected chi connectivity index (χ4v) is 2.37. The van der Waals surface area contributed by atoms with Crippen LogP contribution in [0.4, 0.5) is 0 Å². The minimum atomic E-state index is -1.02. The molecule has 1 aromatic carbocycles. The number of rotatable bonds is 4. The van der Waals surface area contributed by atoms with Gasteiger partial charge in [-0.2, -0.15) is 5.10 Å². The Labute approximate surface area is 131 Å². The van der Waals surface area contributed by atoms with Gasteiger partial charge in [0.2, 0.25) is 0 Å². The summed E-state index contributed by atoms with van der Waals surface area (Å²) in [5, 5.41) is 13.2. The van der Waals surface area contributed by atoms with Crippen LogP contribution in [0.3, 0.4) is 0 Å². The van der Waals surface area contributed by atoms with E-state index >= 15 is 0 Å². The van der Waals surface area contributed by atoms with Crippen molar-refractivity contribution in [1.82, 2.24) is 19.4 Å². The van der Waals surface area contributed by atoms with E-state index in [1.807, 2.05) is 13.8 Å². The largest absolute Gasteiger partial charge is 0.478 e. The van der Waals surface area contributed by atoms with E-state index in [2.05, 4.69) is 15.5 Å². The van der Waals surface area contributed by atoms with Gasteiger partial charge >= 0.3 is 5.97 Å². The minimum Gasteiger partial charge on any atom is -0.478 e. The SMILES string of the molecule is CCn1nc(C)cc1C(=O)Nn1cnc2cc(C(=O)O)ccc21. The topological polar surface area (TPSA) is 102 Å². The zero-order chi connectivity index (χ0) is 16.6. The third-order valence-electron chi connectivity index (χ3n) is 3.45. The molecule has 0 aliphatic heterocycles. The number of aromatic carboxylic acids is 1. The van der Waals surface area contributed by atoms with Gasteiger partial charge in [-0.1, -0.05) is 0 Å². The number of carbonyl (C=O) groups is 2. The molecule has 3 aromatic rings. The minimum absolute atomic E-state index is 0.147. The van der Waals surface area contributed by atoms with Crippen LogP contribution in [0.25, 0.3) is 11.0 Å². The smallest absolute Gasteiger partial charge is 0.335 e. The normalized spacial score (nSPS) is 10.9. The van der Waals surface area contributed by atoms with Gasteiger partial charge in [-0.15, -0.1) is 0 Å². The number of fused-ring (bicyclic) bond motifs is 1. The number of carboxylic acids is 1. The van der Waals surface area contributed by atoms with Gasteiger partial charge in [0.1, 0.15) is 12.0 Å². The molecule has 8 nitrogen and oxygen atoms in total. The first-order valence-electron chi connectivity index (χ1n) is 7.06. The third-order valence-corrected chi connectivity index (χ3v) is 3.45. The van der Waals surface area contributed by atoms with Gasteiger partial charge in [-0.25, -0.2) is 14.5 Å². The zero-order valence-corrected chi connectivity index (χ0v) is 12.6. The molecule has 0 spiro atoms. The molecular weight excluding hydrogens is 298 g/mol. The molecule has 0 saturated heterocycles. The number of benzene rings is 1. The van der Waals surface area contributed by atoms with Gasteiger partial charge in [0.25, 0.3) is 5.91 Å². The highest BCUT2D eigenvalue weighted by Crippen LogP contribution is 2.14. The molecule has 0 atom stereocenters. The molecule has 2 N–H and O–H groups in total. The first-order chi connectivity index (χ1) is 11.0. The maximum absolute atomic E-state index is 12.4. The average molecular weight is 313 g/mol. The summed E-state index contributed by atoms with van der Waals surface area (Å²) in [5.41, 5.74) is 5.19. The third kappa shape index (κ3) is 2.66. The lowest BCUT2D eigenvalue weighted by Crippen LogP contribution is -2.24. The molecule has 118 valence electrons. The van der Waals surface area contributed by atoms with E-state index in [0.717, 1.165) is 5.69 Å². The number of aryl methyl sites for hydroxylation is 2. The highest BCUT2D eigenvalue weighted by atomic mass is 16.4. The number of hydrogen-bond acceptors (Lipinski definition) is 4. The Morgan fingerprint density at radius 3 is 2.78 bits per heavy atom. The van der Waals surface area contributed by atoms with Crippen molar-refractivity contribution >= 4 is 22.9 Å². The molecule has 23 heavy (non-hydrogen) atoms. The van der Waals surface area contributed by atoms with Gasteiger partial charge < -0.3 is 5.11 Å². The first-order valence-corrected chi connectivity index (χ1v) is 7.06. The van der Waals surface area contributed by atoms with Crippen molar-refractivity contribution in [2.45, 2.75) is 20.4 Å². The van der Waals surface area contributed by atoms with Crippen LogP contribution in [-0.4, -0.2) is 36.4 Å². The van der Waals surface area contributed by atoms with E-state index < -0.39 is 5.97 Å². The van der Waals surface area contributed by atoms with E-state index in [9.17, 15) is 9.59 Å². The van der Waals surface area contributed by atoms with Crippen molar-refractivity contribution in [1.29, 1.82) is 0 Å². The van der Waals surface area contributed by atoms with Crippen LogP contribution >= 0.6 is 0 Å². The summed E-state index contributed by atoms with van der Waals surface area (Å²) in [6.07, 6.45) is 1.44. The van der Waals surface area contributed by atoms with E-state index in [0.29, 0.717) is 23.3 Å². The Balaban J connectivity index is 1.92. The summed E-state index contributed by atoms with van der Waals surface area (Å²) in [4.78, 5) is 27.5. The Kier molecular flexibility index (Phi) is 3.57.